The van der Waals surface area contributed by atoms with Gasteiger partial charge in [-0.05, 0) is 174 Å². The third kappa shape index (κ3) is 12.4. The number of aryl methyl sites for hydroxylation is 4. The van der Waals surface area contributed by atoms with Crippen LogP contribution >= 0.6 is 0 Å². The highest BCUT2D eigenvalue weighted by Crippen LogP contribution is 2.40. The molecule has 0 spiro atoms. The average molecular weight is 787 g/mol. The highest BCUT2D eigenvalue weighted by atomic mass is 32.2. The molecule has 4 aliphatic carbocycles. The van der Waals surface area contributed by atoms with Crippen LogP contribution < -0.4 is 15.2 Å². The molecule has 54 heavy (non-hydrogen) atoms. The normalized spacial score (nSPS) is 15.3. The fourth-order valence-electron chi connectivity index (χ4n) is 8.31. The van der Waals surface area contributed by atoms with E-state index in [4.69, 9.17) is 5.14 Å². The Kier molecular flexibility index (Phi) is 16.7. The molecule has 2 amide bonds. The Morgan fingerprint density at radius 1 is 0.685 bits per heavy atom. The van der Waals surface area contributed by atoms with Crippen LogP contribution in [0.5, 0.6) is 0 Å². The fourth-order valence-corrected chi connectivity index (χ4v) is 9.79. The van der Waals surface area contributed by atoms with Crippen LogP contribution in [0.15, 0.2) is 17.1 Å². The summed E-state index contributed by atoms with van der Waals surface area (Å²) in [6.45, 7) is 13.5. The van der Waals surface area contributed by atoms with E-state index in [1.165, 1.54) is 57.3 Å². The Bertz CT molecular complexity index is 1800. The van der Waals surface area contributed by atoms with Crippen LogP contribution in [0, 0.1) is 0 Å². The van der Waals surface area contributed by atoms with E-state index in [2.05, 4.69) is 64.7 Å². The molecule has 0 saturated heterocycles. The van der Waals surface area contributed by atoms with Gasteiger partial charge in [0.05, 0.1) is 17.2 Å². The number of isocyanates is 1. The number of carbonyl (C=O) groups excluding carboxylic acids is 2. The molecule has 0 radical (unpaired) electrons. The summed E-state index contributed by atoms with van der Waals surface area (Å²) in [5.41, 5.74) is 12.3. The number of primary sulfonamides is 1. The lowest BCUT2D eigenvalue weighted by Crippen LogP contribution is -2.37. The quantitative estimate of drug-likeness (QED) is 0.157. The summed E-state index contributed by atoms with van der Waals surface area (Å²) >= 11 is 0. The van der Waals surface area contributed by atoms with Crippen LogP contribution in [0.2, 0.25) is 0 Å². The molecule has 2 aromatic carbocycles. The molecule has 4 aliphatic rings. The van der Waals surface area contributed by atoms with Gasteiger partial charge in [0, 0.05) is 5.69 Å². The smallest absolute Gasteiger partial charge is 0.307 e. The molecule has 300 valence electrons. The van der Waals surface area contributed by atoms with Crippen molar-refractivity contribution in [2.24, 2.45) is 10.1 Å². The van der Waals surface area contributed by atoms with Gasteiger partial charge < -0.3 is 15.1 Å². The summed E-state index contributed by atoms with van der Waals surface area (Å²) in [7, 11) is -6.89. The van der Waals surface area contributed by atoms with Crippen LogP contribution in [-0.4, -0.2) is 89.5 Å². The predicted molar refractivity (Wildman–Crippen MR) is 217 cm³/mol. The maximum atomic E-state index is 12.4. The van der Waals surface area contributed by atoms with E-state index in [9.17, 15) is 26.4 Å². The SMILES string of the molecule is CCN(CC)CCCS(=O)(=O)NC(=O)Nc1c2c(cc3c1CCC3)CCC2.CCN(CC)CCCS(N)(=O)=O.O=C=Nc1c2c(cc3c1CCC3)CCC2. The molecule has 14 heteroatoms. The van der Waals surface area contributed by atoms with Gasteiger partial charge in [0.1, 0.15) is 0 Å². The van der Waals surface area contributed by atoms with Crippen molar-refractivity contribution < 1.29 is 26.4 Å². The number of hydrogen-bond acceptors (Lipinski definition) is 9. The zero-order chi connectivity index (χ0) is 39.3. The van der Waals surface area contributed by atoms with Crippen molar-refractivity contribution in [3.63, 3.8) is 0 Å². The number of benzene rings is 2. The molecule has 0 aliphatic heterocycles. The van der Waals surface area contributed by atoms with Crippen LogP contribution in [-0.2, 0) is 76.2 Å². The van der Waals surface area contributed by atoms with Crippen molar-refractivity contribution in [2.75, 3.05) is 56.1 Å². The van der Waals surface area contributed by atoms with Gasteiger partial charge in [-0.1, -0.05) is 39.8 Å². The van der Waals surface area contributed by atoms with E-state index in [0.717, 1.165) is 115 Å². The average Bonchev–Trinajstić information content (AvgIpc) is 3.96. The molecule has 0 bridgehead atoms. The lowest BCUT2D eigenvalue weighted by atomic mass is 9.99. The number of anilines is 1. The summed E-state index contributed by atoms with van der Waals surface area (Å²) in [6, 6.07) is 4.00. The van der Waals surface area contributed by atoms with Crippen LogP contribution in [0.4, 0.5) is 16.2 Å². The van der Waals surface area contributed by atoms with E-state index in [1.807, 2.05) is 0 Å². The van der Waals surface area contributed by atoms with Crippen LogP contribution in [0.25, 0.3) is 0 Å². The first-order valence-electron chi connectivity index (χ1n) is 20.0. The maximum absolute atomic E-state index is 12.4. The third-order valence-corrected chi connectivity index (χ3v) is 13.3. The number of nitrogens with zero attached hydrogens (tertiary/aromatic N) is 3. The summed E-state index contributed by atoms with van der Waals surface area (Å²) < 4.78 is 47.8. The Morgan fingerprint density at radius 3 is 1.50 bits per heavy atom. The second-order valence-corrected chi connectivity index (χ2v) is 18.2. The molecular weight excluding hydrogens is 725 g/mol. The molecule has 0 aromatic heterocycles. The zero-order valence-corrected chi connectivity index (χ0v) is 34.5. The van der Waals surface area contributed by atoms with Gasteiger partial charge in [0.25, 0.3) is 0 Å². The summed E-state index contributed by atoms with van der Waals surface area (Å²) in [4.78, 5) is 31.2. The number of fused-ring (bicyclic) bond motifs is 4. The van der Waals surface area contributed by atoms with Crippen LogP contribution in [0.1, 0.15) is 111 Å². The van der Waals surface area contributed by atoms with Gasteiger partial charge >= 0.3 is 6.03 Å². The highest BCUT2D eigenvalue weighted by molar-refractivity contribution is 7.90. The first kappa shape index (κ1) is 43.6. The molecular formula is C40H62N6O6S2. The van der Waals surface area contributed by atoms with Gasteiger partial charge in [-0.3, -0.25) is 0 Å². The van der Waals surface area contributed by atoms with E-state index in [1.54, 1.807) is 6.08 Å². The summed E-state index contributed by atoms with van der Waals surface area (Å²) in [5.74, 6) is 0.0470. The van der Waals surface area contributed by atoms with Gasteiger partial charge in [-0.2, -0.15) is 4.99 Å². The van der Waals surface area contributed by atoms with Crippen molar-refractivity contribution >= 4 is 43.5 Å². The molecule has 6 rings (SSSR count). The molecule has 0 fully saturated rings. The van der Waals surface area contributed by atoms with E-state index >= 15 is 0 Å². The Hall–Kier alpha value is -3.13. The van der Waals surface area contributed by atoms with E-state index in [-0.39, 0.29) is 11.5 Å². The lowest BCUT2D eigenvalue weighted by Gasteiger charge is -2.18. The minimum atomic E-state index is -3.63. The Balaban J connectivity index is 0.000000202. The van der Waals surface area contributed by atoms with E-state index < -0.39 is 26.1 Å². The first-order chi connectivity index (χ1) is 25.8. The molecule has 0 unspecified atom stereocenters. The van der Waals surface area contributed by atoms with Gasteiger partial charge in [-0.15, -0.1) is 0 Å². The number of rotatable bonds is 15. The van der Waals surface area contributed by atoms with Gasteiger partial charge in [0.15, 0.2) is 0 Å². The first-order valence-corrected chi connectivity index (χ1v) is 23.4. The number of nitrogens with one attached hydrogen (secondary N) is 2. The fraction of sp³-hybridized carbons (Fsp3) is 0.650. The Labute approximate surface area is 323 Å². The zero-order valence-electron chi connectivity index (χ0n) is 32.9. The van der Waals surface area contributed by atoms with Crippen molar-refractivity contribution in [2.45, 2.75) is 118 Å². The van der Waals surface area contributed by atoms with Gasteiger partial charge in [-0.25, -0.2) is 36.3 Å². The Morgan fingerprint density at radius 2 is 1.09 bits per heavy atom. The number of carbonyl (C=O) groups is 1. The summed E-state index contributed by atoms with van der Waals surface area (Å²) in [5, 5.41) is 7.74. The number of sulfonamides is 2. The van der Waals surface area contributed by atoms with Gasteiger partial charge in [0.2, 0.25) is 26.1 Å². The number of amides is 2. The predicted octanol–water partition coefficient (Wildman–Crippen LogP) is 5.49. The van der Waals surface area contributed by atoms with Crippen molar-refractivity contribution in [3.8, 4) is 0 Å². The number of aliphatic imine (C=N–C) groups is 1. The maximum Gasteiger partial charge on any atom is 0.332 e. The van der Waals surface area contributed by atoms with Crippen molar-refractivity contribution in [3.05, 3.63) is 56.6 Å². The minimum Gasteiger partial charge on any atom is -0.307 e. The third-order valence-electron chi connectivity index (χ3n) is 11.1. The second kappa shape index (κ2) is 20.7. The van der Waals surface area contributed by atoms with E-state index in [0.29, 0.717) is 12.8 Å². The highest BCUT2D eigenvalue weighted by Gasteiger charge is 2.26. The largest absolute Gasteiger partial charge is 0.332 e. The lowest BCUT2D eigenvalue weighted by molar-refractivity contribution is 0.256. The number of hydrogen-bond donors (Lipinski definition) is 3. The van der Waals surface area contributed by atoms with Crippen molar-refractivity contribution in [1.82, 2.24) is 14.5 Å². The molecule has 0 saturated carbocycles. The van der Waals surface area contributed by atoms with Crippen molar-refractivity contribution in [1.29, 1.82) is 0 Å². The van der Waals surface area contributed by atoms with Crippen LogP contribution in [0.3, 0.4) is 0 Å². The minimum absolute atomic E-state index is 0.0398. The topological polar surface area (TPSA) is 171 Å². The second-order valence-electron chi connectivity index (χ2n) is 14.6. The molecule has 2 aromatic rings. The molecule has 4 N–H and O–H groups in total. The number of nitrogens with two attached hydrogens (primary N) is 1. The summed E-state index contributed by atoms with van der Waals surface area (Å²) in [6.07, 6.45) is 15.9. The monoisotopic (exact) mass is 786 g/mol. The standard InChI is InChI=1S/C20H31N3O3S.C13H13NO.C7H18N2O2S/c1-3-23(4-2)12-7-13-27(25,26)22-20(24)21-19-17-10-5-8-15(17)14-16-9-6-11-18(16)19;15-8-14-13-11-5-1-3-9(11)7-10-4-2-6-12(10)13;1-3-9(4-2)6-5-7-12(8,10)11/h14H,3-13H2,1-2H3,(H2,21,22,24);7H,1-6H2;3-7H2,1-2H3,(H2,8,10,11). The molecule has 12 nitrogen and oxygen atoms in total. The number of urea groups is 1. The molecule has 0 atom stereocenters. The molecule has 0 heterocycles.